The molecule has 5 heteroatoms. The van der Waals surface area contributed by atoms with E-state index in [0.717, 1.165) is 35.3 Å². The SMILES string of the molecule is Cc1nc2cc(CNC(=O)C3(CO)CC3)ccc2n1C. The van der Waals surface area contributed by atoms with Gasteiger partial charge in [-0.3, -0.25) is 4.79 Å². The third kappa shape index (κ3) is 2.08. The number of aromatic nitrogens is 2. The summed E-state index contributed by atoms with van der Waals surface area (Å²) in [5.41, 5.74) is 2.55. The molecule has 1 saturated carbocycles. The fourth-order valence-corrected chi connectivity index (χ4v) is 2.45. The highest BCUT2D eigenvalue weighted by Crippen LogP contribution is 2.45. The summed E-state index contributed by atoms with van der Waals surface area (Å²) in [6, 6.07) is 6.03. The van der Waals surface area contributed by atoms with Crippen molar-refractivity contribution in [2.24, 2.45) is 12.5 Å². The van der Waals surface area contributed by atoms with E-state index >= 15 is 0 Å². The van der Waals surface area contributed by atoms with Gasteiger partial charge in [-0.2, -0.15) is 0 Å². The molecular formula is C15H19N3O2. The van der Waals surface area contributed by atoms with Crippen LogP contribution in [0.2, 0.25) is 0 Å². The van der Waals surface area contributed by atoms with Crippen LogP contribution in [0.4, 0.5) is 0 Å². The predicted molar refractivity (Wildman–Crippen MR) is 76.1 cm³/mol. The quantitative estimate of drug-likeness (QED) is 0.881. The number of nitrogens with zero attached hydrogens (tertiary/aromatic N) is 2. The smallest absolute Gasteiger partial charge is 0.228 e. The van der Waals surface area contributed by atoms with Crippen LogP contribution in [-0.2, 0) is 18.4 Å². The maximum atomic E-state index is 12.0. The number of hydrogen-bond donors (Lipinski definition) is 2. The summed E-state index contributed by atoms with van der Waals surface area (Å²) < 4.78 is 2.04. The summed E-state index contributed by atoms with van der Waals surface area (Å²) in [4.78, 5) is 16.5. The first-order chi connectivity index (χ1) is 9.55. The fraction of sp³-hybridized carbons (Fsp3) is 0.467. The largest absolute Gasteiger partial charge is 0.395 e. The average Bonchev–Trinajstić information content (AvgIpc) is 3.20. The molecule has 0 atom stereocenters. The van der Waals surface area contributed by atoms with Gasteiger partial charge in [-0.1, -0.05) is 6.07 Å². The molecule has 1 aromatic heterocycles. The van der Waals surface area contributed by atoms with Gasteiger partial charge in [0, 0.05) is 13.6 Å². The number of aliphatic hydroxyl groups excluding tert-OH is 1. The molecule has 0 saturated heterocycles. The molecule has 0 aliphatic heterocycles. The Bertz CT molecular complexity index is 671. The second-order valence-electron chi connectivity index (χ2n) is 5.66. The van der Waals surface area contributed by atoms with E-state index in [-0.39, 0.29) is 12.5 Å². The van der Waals surface area contributed by atoms with Gasteiger partial charge < -0.3 is 15.0 Å². The standard InChI is InChI=1S/C15H19N3O2/c1-10-17-12-7-11(3-4-13(12)18(10)2)8-16-14(20)15(9-19)5-6-15/h3-4,7,19H,5-6,8-9H2,1-2H3,(H,16,20). The summed E-state index contributed by atoms with van der Waals surface area (Å²) >= 11 is 0. The zero-order valence-corrected chi connectivity index (χ0v) is 11.8. The first-order valence-electron chi connectivity index (χ1n) is 6.87. The minimum absolute atomic E-state index is 0.0442. The Morgan fingerprint density at radius 1 is 1.50 bits per heavy atom. The predicted octanol–water partition coefficient (Wildman–Crippen LogP) is 1.27. The highest BCUT2D eigenvalue weighted by molar-refractivity contribution is 5.85. The summed E-state index contributed by atoms with van der Waals surface area (Å²) in [6.45, 7) is 2.39. The molecule has 3 rings (SSSR count). The molecule has 0 spiro atoms. The minimum atomic E-state index is -0.508. The molecule has 0 bridgehead atoms. The van der Waals surface area contributed by atoms with Crippen LogP contribution in [0.1, 0.15) is 24.2 Å². The summed E-state index contributed by atoms with van der Waals surface area (Å²) in [7, 11) is 1.99. The van der Waals surface area contributed by atoms with E-state index < -0.39 is 5.41 Å². The van der Waals surface area contributed by atoms with Gasteiger partial charge in [0.15, 0.2) is 0 Å². The molecule has 2 N–H and O–H groups in total. The van der Waals surface area contributed by atoms with E-state index in [4.69, 9.17) is 0 Å². The lowest BCUT2D eigenvalue weighted by molar-refractivity contribution is -0.127. The fourth-order valence-electron chi connectivity index (χ4n) is 2.45. The van der Waals surface area contributed by atoms with Crippen molar-refractivity contribution in [3.8, 4) is 0 Å². The Kier molecular flexibility index (Phi) is 3.01. The van der Waals surface area contributed by atoms with E-state index in [9.17, 15) is 9.90 Å². The van der Waals surface area contributed by atoms with Gasteiger partial charge in [-0.05, 0) is 37.5 Å². The third-order valence-corrected chi connectivity index (χ3v) is 4.26. The van der Waals surface area contributed by atoms with Gasteiger partial charge in [0.2, 0.25) is 5.91 Å². The molecule has 1 fully saturated rings. The van der Waals surface area contributed by atoms with Crippen molar-refractivity contribution in [2.45, 2.75) is 26.3 Å². The minimum Gasteiger partial charge on any atom is -0.395 e. The summed E-state index contributed by atoms with van der Waals surface area (Å²) in [5, 5.41) is 12.1. The van der Waals surface area contributed by atoms with Crippen LogP contribution in [0.3, 0.4) is 0 Å². The van der Waals surface area contributed by atoms with E-state index in [1.165, 1.54) is 0 Å². The van der Waals surface area contributed by atoms with Crippen molar-refractivity contribution < 1.29 is 9.90 Å². The van der Waals surface area contributed by atoms with Crippen LogP contribution in [0.25, 0.3) is 11.0 Å². The molecule has 1 aliphatic carbocycles. The van der Waals surface area contributed by atoms with Crippen LogP contribution in [0.15, 0.2) is 18.2 Å². The van der Waals surface area contributed by atoms with Crippen molar-refractivity contribution in [1.29, 1.82) is 0 Å². The Hall–Kier alpha value is -1.88. The van der Waals surface area contributed by atoms with Crippen molar-refractivity contribution in [1.82, 2.24) is 14.9 Å². The molecule has 20 heavy (non-hydrogen) atoms. The van der Waals surface area contributed by atoms with Crippen molar-refractivity contribution >= 4 is 16.9 Å². The lowest BCUT2D eigenvalue weighted by atomic mass is 10.1. The van der Waals surface area contributed by atoms with Crippen LogP contribution < -0.4 is 5.32 Å². The zero-order chi connectivity index (χ0) is 14.3. The first kappa shape index (κ1) is 13.1. The Morgan fingerprint density at radius 3 is 2.90 bits per heavy atom. The number of amides is 1. The van der Waals surface area contributed by atoms with Gasteiger partial charge in [0.1, 0.15) is 5.82 Å². The summed E-state index contributed by atoms with van der Waals surface area (Å²) in [5.74, 6) is 0.927. The lowest BCUT2D eigenvalue weighted by Gasteiger charge is -2.12. The van der Waals surface area contributed by atoms with Crippen molar-refractivity contribution in [3.05, 3.63) is 29.6 Å². The number of imidazole rings is 1. The second-order valence-corrected chi connectivity index (χ2v) is 5.66. The van der Waals surface area contributed by atoms with Crippen molar-refractivity contribution in [3.63, 3.8) is 0 Å². The summed E-state index contributed by atoms with van der Waals surface area (Å²) in [6.07, 6.45) is 1.57. The van der Waals surface area contributed by atoms with Crippen LogP contribution >= 0.6 is 0 Å². The van der Waals surface area contributed by atoms with Crippen LogP contribution in [-0.4, -0.2) is 27.2 Å². The number of hydrogen-bond acceptors (Lipinski definition) is 3. The molecular weight excluding hydrogens is 254 g/mol. The number of carbonyl (C=O) groups is 1. The molecule has 1 amide bonds. The van der Waals surface area contributed by atoms with Crippen LogP contribution in [0, 0.1) is 12.3 Å². The zero-order valence-electron chi connectivity index (χ0n) is 11.8. The molecule has 1 aliphatic rings. The van der Waals surface area contributed by atoms with Crippen molar-refractivity contribution in [2.75, 3.05) is 6.61 Å². The van der Waals surface area contributed by atoms with E-state index in [1.807, 2.05) is 36.7 Å². The topological polar surface area (TPSA) is 67.2 Å². The maximum Gasteiger partial charge on any atom is 0.228 e. The number of aliphatic hydroxyl groups is 1. The molecule has 1 heterocycles. The van der Waals surface area contributed by atoms with Gasteiger partial charge >= 0.3 is 0 Å². The second kappa shape index (κ2) is 4.59. The van der Waals surface area contributed by atoms with Gasteiger partial charge in [-0.25, -0.2) is 4.98 Å². The third-order valence-electron chi connectivity index (χ3n) is 4.26. The van der Waals surface area contributed by atoms with Gasteiger partial charge in [0.05, 0.1) is 23.1 Å². The van der Waals surface area contributed by atoms with E-state index in [0.29, 0.717) is 6.54 Å². The molecule has 106 valence electrons. The number of benzene rings is 1. The number of nitrogens with one attached hydrogen (secondary N) is 1. The average molecular weight is 273 g/mol. The van der Waals surface area contributed by atoms with E-state index in [1.54, 1.807) is 0 Å². The highest BCUT2D eigenvalue weighted by atomic mass is 16.3. The highest BCUT2D eigenvalue weighted by Gasteiger charge is 2.49. The molecule has 0 unspecified atom stereocenters. The van der Waals surface area contributed by atoms with Gasteiger partial charge in [-0.15, -0.1) is 0 Å². The molecule has 0 radical (unpaired) electrons. The Labute approximate surface area is 117 Å². The van der Waals surface area contributed by atoms with E-state index in [2.05, 4.69) is 10.3 Å². The maximum absolute atomic E-state index is 12.0. The number of rotatable bonds is 4. The Morgan fingerprint density at radius 2 is 2.25 bits per heavy atom. The number of carbonyl (C=O) groups excluding carboxylic acids is 1. The normalized spacial score (nSPS) is 16.4. The number of aryl methyl sites for hydroxylation is 2. The number of fused-ring (bicyclic) bond motifs is 1. The monoisotopic (exact) mass is 273 g/mol. The molecule has 1 aromatic carbocycles. The first-order valence-corrected chi connectivity index (χ1v) is 6.87. The molecule has 5 nitrogen and oxygen atoms in total. The molecule has 2 aromatic rings. The lowest BCUT2D eigenvalue weighted by Crippen LogP contribution is -2.33. The Balaban J connectivity index is 1.73. The van der Waals surface area contributed by atoms with Crippen LogP contribution in [0.5, 0.6) is 0 Å². The van der Waals surface area contributed by atoms with Gasteiger partial charge in [0.25, 0.3) is 0 Å².